The van der Waals surface area contributed by atoms with Gasteiger partial charge in [0.05, 0.1) is 6.54 Å². The summed E-state index contributed by atoms with van der Waals surface area (Å²) in [4.78, 5) is 27.2. The van der Waals surface area contributed by atoms with E-state index in [1.165, 1.54) is 11.3 Å². The van der Waals surface area contributed by atoms with Crippen molar-refractivity contribution in [3.63, 3.8) is 0 Å². The molecule has 0 aromatic heterocycles. The topological polar surface area (TPSA) is 84.9 Å². The summed E-state index contributed by atoms with van der Waals surface area (Å²) in [5.74, 6) is -0.799. The Balaban J connectivity index is 1.28. The Kier molecular flexibility index (Phi) is 6.55. The lowest BCUT2D eigenvalue weighted by molar-refractivity contribution is -0.139. The molecule has 0 unspecified atom stereocenters. The SMILES string of the molecule is CCN(CC(=O)O)C1CC(NC(=O)NCCCN2CCc3ccccc32)C1. The summed E-state index contributed by atoms with van der Waals surface area (Å²) in [6.07, 6.45) is 3.65. The zero-order chi connectivity index (χ0) is 19.2. The van der Waals surface area contributed by atoms with E-state index in [-0.39, 0.29) is 24.7 Å². The van der Waals surface area contributed by atoms with Crippen LogP contribution in [0.15, 0.2) is 24.3 Å². The molecule has 1 aliphatic carbocycles. The number of likely N-dealkylation sites (N-methyl/N-ethyl adjacent to an activating group) is 1. The van der Waals surface area contributed by atoms with Crippen molar-refractivity contribution >= 4 is 17.7 Å². The van der Waals surface area contributed by atoms with Crippen LogP contribution in [0.2, 0.25) is 0 Å². The van der Waals surface area contributed by atoms with Crippen LogP contribution in [-0.4, -0.2) is 66.8 Å². The molecule has 1 aromatic carbocycles. The zero-order valence-electron chi connectivity index (χ0n) is 16.0. The van der Waals surface area contributed by atoms with Crippen molar-refractivity contribution in [2.45, 2.75) is 44.7 Å². The van der Waals surface area contributed by atoms with Crippen LogP contribution in [0.1, 0.15) is 31.7 Å². The van der Waals surface area contributed by atoms with Gasteiger partial charge in [-0.25, -0.2) is 4.79 Å². The van der Waals surface area contributed by atoms with Crippen LogP contribution < -0.4 is 15.5 Å². The molecule has 0 atom stereocenters. The first kappa shape index (κ1) is 19.5. The van der Waals surface area contributed by atoms with Crippen LogP contribution in [0.4, 0.5) is 10.5 Å². The molecule has 3 N–H and O–H groups in total. The molecule has 0 bridgehead atoms. The average Bonchev–Trinajstić information content (AvgIpc) is 3.03. The number of amides is 2. The Morgan fingerprint density at radius 2 is 2.07 bits per heavy atom. The number of nitrogens with one attached hydrogen (secondary N) is 2. The third-order valence-electron chi connectivity index (χ3n) is 5.58. The molecule has 1 fully saturated rings. The van der Waals surface area contributed by atoms with Gasteiger partial charge in [-0.3, -0.25) is 9.69 Å². The van der Waals surface area contributed by atoms with Gasteiger partial charge in [0.1, 0.15) is 0 Å². The van der Waals surface area contributed by atoms with Gasteiger partial charge in [0.15, 0.2) is 0 Å². The molecule has 1 saturated carbocycles. The zero-order valence-corrected chi connectivity index (χ0v) is 16.0. The second-order valence-corrected chi connectivity index (χ2v) is 7.40. The van der Waals surface area contributed by atoms with E-state index in [0.29, 0.717) is 6.54 Å². The van der Waals surface area contributed by atoms with Crippen LogP contribution in [-0.2, 0) is 11.2 Å². The number of anilines is 1. The number of aliphatic carboxylic acids is 1. The molecule has 7 heteroatoms. The summed E-state index contributed by atoms with van der Waals surface area (Å²) in [6, 6.07) is 8.78. The van der Waals surface area contributed by atoms with Crippen LogP contribution in [0.5, 0.6) is 0 Å². The molecule has 7 nitrogen and oxygen atoms in total. The van der Waals surface area contributed by atoms with Crippen molar-refractivity contribution in [1.29, 1.82) is 0 Å². The van der Waals surface area contributed by atoms with E-state index in [1.807, 2.05) is 11.8 Å². The molecule has 2 aliphatic rings. The first-order chi connectivity index (χ1) is 13.1. The number of fused-ring (bicyclic) bond motifs is 1. The molecule has 2 amide bonds. The third kappa shape index (κ3) is 5.13. The quantitative estimate of drug-likeness (QED) is 0.573. The average molecular weight is 374 g/mol. The number of carbonyl (C=O) groups excluding carboxylic acids is 1. The van der Waals surface area contributed by atoms with E-state index in [0.717, 1.165) is 45.3 Å². The summed E-state index contributed by atoms with van der Waals surface area (Å²) >= 11 is 0. The molecule has 0 saturated heterocycles. The van der Waals surface area contributed by atoms with Gasteiger partial charge in [0, 0.05) is 37.4 Å². The van der Waals surface area contributed by atoms with Gasteiger partial charge in [-0.2, -0.15) is 0 Å². The molecular weight excluding hydrogens is 344 g/mol. The number of para-hydroxylation sites is 1. The van der Waals surface area contributed by atoms with E-state index in [2.05, 4.69) is 39.8 Å². The number of hydrogen-bond acceptors (Lipinski definition) is 4. The summed E-state index contributed by atoms with van der Waals surface area (Å²) in [5.41, 5.74) is 2.73. The molecule has 148 valence electrons. The fourth-order valence-corrected chi connectivity index (χ4v) is 4.02. The Morgan fingerprint density at radius 1 is 1.30 bits per heavy atom. The van der Waals surface area contributed by atoms with E-state index in [9.17, 15) is 9.59 Å². The number of nitrogens with zero attached hydrogens (tertiary/aromatic N) is 2. The van der Waals surface area contributed by atoms with E-state index < -0.39 is 5.97 Å². The molecule has 27 heavy (non-hydrogen) atoms. The number of carboxylic acid groups (broad SMARTS) is 1. The van der Waals surface area contributed by atoms with Gasteiger partial charge in [-0.05, 0) is 43.9 Å². The molecular formula is C20H30N4O3. The van der Waals surface area contributed by atoms with Gasteiger partial charge in [-0.15, -0.1) is 0 Å². The van der Waals surface area contributed by atoms with Gasteiger partial charge >= 0.3 is 12.0 Å². The maximum atomic E-state index is 12.0. The minimum Gasteiger partial charge on any atom is -0.480 e. The second-order valence-electron chi connectivity index (χ2n) is 7.40. The van der Waals surface area contributed by atoms with Crippen LogP contribution in [0, 0.1) is 0 Å². The Bertz CT molecular complexity index is 660. The number of rotatable bonds is 9. The lowest BCUT2D eigenvalue weighted by atomic mass is 9.85. The minimum absolute atomic E-state index is 0.0692. The third-order valence-corrected chi connectivity index (χ3v) is 5.58. The molecule has 3 rings (SSSR count). The van der Waals surface area contributed by atoms with Crippen molar-refractivity contribution in [3.8, 4) is 0 Å². The maximum absolute atomic E-state index is 12.0. The monoisotopic (exact) mass is 374 g/mol. The van der Waals surface area contributed by atoms with E-state index in [4.69, 9.17) is 5.11 Å². The van der Waals surface area contributed by atoms with Crippen molar-refractivity contribution in [2.75, 3.05) is 37.6 Å². The number of carboxylic acids is 1. The highest BCUT2D eigenvalue weighted by Gasteiger charge is 2.34. The van der Waals surface area contributed by atoms with Crippen LogP contribution in [0.3, 0.4) is 0 Å². The second kappa shape index (κ2) is 9.08. The van der Waals surface area contributed by atoms with Crippen molar-refractivity contribution in [1.82, 2.24) is 15.5 Å². The smallest absolute Gasteiger partial charge is 0.317 e. The standard InChI is InChI=1S/C20H30N4O3/c1-2-23(14-19(25)26)17-12-16(13-17)22-20(27)21-9-5-10-24-11-8-15-6-3-4-7-18(15)24/h3-4,6-7,16-17H,2,5,8-14H2,1H3,(H,25,26)(H2,21,22,27). The first-order valence-electron chi connectivity index (χ1n) is 9.90. The fraction of sp³-hybridized carbons (Fsp3) is 0.600. The highest BCUT2D eigenvalue weighted by atomic mass is 16.4. The van der Waals surface area contributed by atoms with Crippen molar-refractivity contribution in [3.05, 3.63) is 29.8 Å². The maximum Gasteiger partial charge on any atom is 0.317 e. The highest BCUT2D eigenvalue weighted by molar-refractivity contribution is 5.74. The normalized spacial score (nSPS) is 20.9. The summed E-state index contributed by atoms with van der Waals surface area (Å²) in [5, 5.41) is 14.8. The largest absolute Gasteiger partial charge is 0.480 e. The van der Waals surface area contributed by atoms with Crippen molar-refractivity contribution in [2.24, 2.45) is 0 Å². The predicted molar refractivity (Wildman–Crippen MR) is 105 cm³/mol. The fourth-order valence-electron chi connectivity index (χ4n) is 4.02. The molecule has 0 spiro atoms. The lowest BCUT2D eigenvalue weighted by Crippen LogP contribution is -2.56. The summed E-state index contributed by atoms with van der Waals surface area (Å²) in [6.45, 7) is 5.41. The number of urea groups is 1. The predicted octanol–water partition coefficient (Wildman–Crippen LogP) is 1.68. The summed E-state index contributed by atoms with van der Waals surface area (Å²) < 4.78 is 0. The minimum atomic E-state index is -0.799. The van der Waals surface area contributed by atoms with E-state index >= 15 is 0 Å². The molecule has 0 radical (unpaired) electrons. The van der Waals surface area contributed by atoms with Gasteiger partial charge < -0.3 is 20.6 Å². The van der Waals surface area contributed by atoms with Gasteiger partial charge in [0.25, 0.3) is 0 Å². The number of carbonyl (C=O) groups is 2. The molecule has 1 aliphatic heterocycles. The van der Waals surface area contributed by atoms with Crippen molar-refractivity contribution < 1.29 is 14.7 Å². The van der Waals surface area contributed by atoms with Crippen LogP contribution in [0.25, 0.3) is 0 Å². The summed E-state index contributed by atoms with van der Waals surface area (Å²) in [7, 11) is 0. The number of benzene rings is 1. The van der Waals surface area contributed by atoms with Crippen LogP contribution >= 0.6 is 0 Å². The molecule has 1 aromatic rings. The van der Waals surface area contributed by atoms with E-state index in [1.54, 1.807) is 0 Å². The lowest BCUT2D eigenvalue weighted by Gasteiger charge is -2.42. The highest BCUT2D eigenvalue weighted by Crippen LogP contribution is 2.27. The van der Waals surface area contributed by atoms with Gasteiger partial charge in [-0.1, -0.05) is 25.1 Å². The Hall–Kier alpha value is -2.28. The Labute approximate surface area is 160 Å². The Morgan fingerprint density at radius 3 is 2.81 bits per heavy atom. The number of hydrogen-bond donors (Lipinski definition) is 3. The first-order valence-corrected chi connectivity index (χ1v) is 9.90. The van der Waals surface area contributed by atoms with Gasteiger partial charge in [0.2, 0.25) is 0 Å². The molecule has 1 heterocycles.